The first-order valence-corrected chi connectivity index (χ1v) is 10.2. The summed E-state index contributed by atoms with van der Waals surface area (Å²) in [4.78, 5) is 12.3. The highest BCUT2D eigenvalue weighted by molar-refractivity contribution is 7.93. The number of anilines is 2. The molecule has 1 N–H and O–H groups in total. The van der Waals surface area contributed by atoms with Crippen molar-refractivity contribution >= 4 is 27.3 Å². The van der Waals surface area contributed by atoms with E-state index in [4.69, 9.17) is 4.74 Å². The van der Waals surface area contributed by atoms with E-state index in [0.717, 1.165) is 11.3 Å². The molecule has 3 rings (SSSR count). The normalized spacial score (nSPS) is 15.7. The number of carbonyl (C=O) groups excluding carboxylic acids is 1. The van der Waals surface area contributed by atoms with Crippen LogP contribution in [0.1, 0.15) is 18.9 Å². The topological polar surface area (TPSA) is 75.7 Å². The van der Waals surface area contributed by atoms with Gasteiger partial charge in [-0.25, -0.2) is 8.42 Å². The lowest BCUT2D eigenvalue weighted by Crippen LogP contribution is -2.25. The summed E-state index contributed by atoms with van der Waals surface area (Å²) < 4.78 is 30.9. The summed E-state index contributed by atoms with van der Waals surface area (Å²) >= 11 is 0. The molecule has 1 fully saturated rings. The minimum atomic E-state index is -3.23. The SMILES string of the molecule is CCOc1ccc(CC(=O)Nc2cccc(N3CCCS3(=O)=O)c2)cc1. The van der Waals surface area contributed by atoms with Crippen molar-refractivity contribution in [3.8, 4) is 5.75 Å². The fourth-order valence-corrected chi connectivity index (χ4v) is 4.49. The van der Waals surface area contributed by atoms with Crippen LogP contribution in [0.3, 0.4) is 0 Å². The monoisotopic (exact) mass is 374 g/mol. The van der Waals surface area contributed by atoms with Crippen LogP contribution in [-0.4, -0.2) is 33.2 Å². The van der Waals surface area contributed by atoms with Crippen molar-refractivity contribution in [3.05, 3.63) is 54.1 Å². The number of carbonyl (C=O) groups is 1. The van der Waals surface area contributed by atoms with Gasteiger partial charge in [0, 0.05) is 12.2 Å². The van der Waals surface area contributed by atoms with E-state index in [1.165, 1.54) is 4.31 Å². The third-order valence-corrected chi connectivity index (χ3v) is 5.99. The zero-order valence-corrected chi connectivity index (χ0v) is 15.5. The molecule has 0 saturated carbocycles. The predicted molar refractivity (Wildman–Crippen MR) is 102 cm³/mol. The van der Waals surface area contributed by atoms with Gasteiger partial charge in [0.2, 0.25) is 15.9 Å². The highest BCUT2D eigenvalue weighted by Crippen LogP contribution is 2.26. The standard InChI is InChI=1S/C19H22N2O4S/c1-2-25-18-9-7-15(8-10-18)13-19(22)20-16-5-3-6-17(14-16)21-11-4-12-26(21,23)24/h3,5-10,14H,2,4,11-13H2,1H3,(H,20,22). The molecule has 6 nitrogen and oxygen atoms in total. The number of hydrogen-bond acceptors (Lipinski definition) is 4. The molecule has 26 heavy (non-hydrogen) atoms. The Hall–Kier alpha value is -2.54. The second-order valence-corrected chi connectivity index (χ2v) is 8.11. The summed E-state index contributed by atoms with van der Waals surface area (Å²) in [5, 5.41) is 2.83. The molecule has 1 aliphatic rings. The van der Waals surface area contributed by atoms with Gasteiger partial charge in [0.25, 0.3) is 0 Å². The van der Waals surface area contributed by atoms with Gasteiger partial charge in [0.1, 0.15) is 5.75 Å². The van der Waals surface area contributed by atoms with E-state index in [1.54, 1.807) is 24.3 Å². The maximum atomic E-state index is 12.3. The second-order valence-electron chi connectivity index (χ2n) is 6.09. The van der Waals surface area contributed by atoms with Crippen LogP contribution in [0, 0.1) is 0 Å². The second kappa shape index (κ2) is 7.78. The molecular formula is C19H22N2O4S. The van der Waals surface area contributed by atoms with E-state index in [0.29, 0.717) is 30.9 Å². The van der Waals surface area contributed by atoms with Crippen molar-refractivity contribution in [1.82, 2.24) is 0 Å². The van der Waals surface area contributed by atoms with Gasteiger partial charge in [0.05, 0.1) is 24.5 Å². The molecule has 0 radical (unpaired) electrons. The molecule has 0 spiro atoms. The summed E-state index contributed by atoms with van der Waals surface area (Å²) in [6.45, 7) is 3.00. The lowest BCUT2D eigenvalue weighted by molar-refractivity contribution is -0.115. The quantitative estimate of drug-likeness (QED) is 0.844. The van der Waals surface area contributed by atoms with E-state index in [9.17, 15) is 13.2 Å². The predicted octanol–water partition coefficient (Wildman–Crippen LogP) is 2.81. The van der Waals surface area contributed by atoms with Gasteiger partial charge in [-0.05, 0) is 49.2 Å². The van der Waals surface area contributed by atoms with Crippen LogP contribution < -0.4 is 14.4 Å². The number of amides is 1. The van der Waals surface area contributed by atoms with Crippen molar-refractivity contribution in [2.24, 2.45) is 0 Å². The Labute approximate surface area is 153 Å². The molecule has 0 unspecified atom stereocenters. The van der Waals surface area contributed by atoms with Gasteiger partial charge in [-0.15, -0.1) is 0 Å². The van der Waals surface area contributed by atoms with Crippen molar-refractivity contribution in [3.63, 3.8) is 0 Å². The minimum Gasteiger partial charge on any atom is -0.494 e. The number of hydrogen-bond donors (Lipinski definition) is 1. The van der Waals surface area contributed by atoms with Crippen LogP contribution in [0.15, 0.2) is 48.5 Å². The molecule has 7 heteroatoms. The molecule has 2 aromatic rings. The number of nitrogens with zero attached hydrogens (tertiary/aromatic N) is 1. The van der Waals surface area contributed by atoms with Gasteiger partial charge in [-0.2, -0.15) is 0 Å². The average Bonchev–Trinajstić information content (AvgIpc) is 2.96. The number of sulfonamides is 1. The number of ether oxygens (including phenoxy) is 1. The van der Waals surface area contributed by atoms with Crippen LogP contribution in [0.25, 0.3) is 0 Å². The first-order valence-electron chi connectivity index (χ1n) is 8.60. The van der Waals surface area contributed by atoms with Crippen LogP contribution in [0.2, 0.25) is 0 Å². The van der Waals surface area contributed by atoms with Gasteiger partial charge in [-0.3, -0.25) is 9.10 Å². The molecule has 0 atom stereocenters. The summed E-state index contributed by atoms with van der Waals surface area (Å²) in [6.07, 6.45) is 0.856. The smallest absolute Gasteiger partial charge is 0.235 e. The van der Waals surface area contributed by atoms with Gasteiger partial charge in [0.15, 0.2) is 0 Å². The molecule has 1 heterocycles. The Morgan fingerprint density at radius 2 is 1.96 bits per heavy atom. The highest BCUT2D eigenvalue weighted by Gasteiger charge is 2.28. The lowest BCUT2D eigenvalue weighted by atomic mass is 10.1. The van der Waals surface area contributed by atoms with Crippen molar-refractivity contribution in [2.75, 3.05) is 28.5 Å². The van der Waals surface area contributed by atoms with E-state index in [2.05, 4.69) is 5.32 Å². The zero-order chi connectivity index (χ0) is 18.6. The summed E-state index contributed by atoms with van der Waals surface area (Å²) in [6, 6.07) is 14.3. The van der Waals surface area contributed by atoms with Crippen LogP contribution >= 0.6 is 0 Å². The molecule has 0 aliphatic carbocycles. The summed E-state index contributed by atoms with van der Waals surface area (Å²) in [5.74, 6) is 0.785. The van der Waals surface area contributed by atoms with Crippen molar-refractivity contribution in [1.29, 1.82) is 0 Å². The Kier molecular flexibility index (Phi) is 5.46. The van der Waals surface area contributed by atoms with Crippen LogP contribution in [-0.2, 0) is 21.2 Å². The van der Waals surface area contributed by atoms with Crippen LogP contribution in [0.5, 0.6) is 5.75 Å². The molecular weight excluding hydrogens is 352 g/mol. The lowest BCUT2D eigenvalue weighted by Gasteiger charge is -2.17. The molecule has 1 saturated heterocycles. The fourth-order valence-electron chi connectivity index (χ4n) is 2.93. The number of nitrogens with one attached hydrogen (secondary N) is 1. The minimum absolute atomic E-state index is 0.157. The average molecular weight is 374 g/mol. The molecule has 1 amide bonds. The van der Waals surface area contributed by atoms with Crippen molar-refractivity contribution in [2.45, 2.75) is 19.8 Å². The highest BCUT2D eigenvalue weighted by atomic mass is 32.2. The van der Waals surface area contributed by atoms with E-state index >= 15 is 0 Å². The van der Waals surface area contributed by atoms with Crippen LogP contribution in [0.4, 0.5) is 11.4 Å². The van der Waals surface area contributed by atoms with E-state index in [-0.39, 0.29) is 18.1 Å². The molecule has 0 bridgehead atoms. The molecule has 138 valence electrons. The Morgan fingerprint density at radius 1 is 1.19 bits per heavy atom. The largest absolute Gasteiger partial charge is 0.494 e. The summed E-state index contributed by atoms with van der Waals surface area (Å²) in [7, 11) is -3.23. The third-order valence-electron chi connectivity index (χ3n) is 4.12. The summed E-state index contributed by atoms with van der Waals surface area (Å²) in [5.41, 5.74) is 2.05. The zero-order valence-electron chi connectivity index (χ0n) is 14.6. The molecule has 0 aromatic heterocycles. The van der Waals surface area contributed by atoms with Crippen molar-refractivity contribution < 1.29 is 17.9 Å². The number of rotatable bonds is 6. The maximum absolute atomic E-state index is 12.3. The first-order chi connectivity index (χ1) is 12.5. The van der Waals surface area contributed by atoms with Gasteiger partial charge >= 0.3 is 0 Å². The Balaban J connectivity index is 1.65. The van der Waals surface area contributed by atoms with Gasteiger partial charge in [-0.1, -0.05) is 18.2 Å². The maximum Gasteiger partial charge on any atom is 0.235 e. The Morgan fingerprint density at radius 3 is 2.62 bits per heavy atom. The molecule has 2 aromatic carbocycles. The third kappa shape index (κ3) is 4.35. The van der Waals surface area contributed by atoms with Gasteiger partial charge < -0.3 is 10.1 Å². The fraction of sp³-hybridized carbons (Fsp3) is 0.316. The Bertz CT molecular complexity index is 879. The van der Waals surface area contributed by atoms with E-state index in [1.807, 2.05) is 31.2 Å². The van der Waals surface area contributed by atoms with E-state index < -0.39 is 10.0 Å². The molecule has 1 aliphatic heterocycles. The number of benzene rings is 2. The first kappa shape index (κ1) is 18.3.